The summed E-state index contributed by atoms with van der Waals surface area (Å²) in [5, 5.41) is 11.1. The highest BCUT2D eigenvalue weighted by molar-refractivity contribution is 5.73. The van der Waals surface area contributed by atoms with Crippen LogP contribution in [0.3, 0.4) is 0 Å². The summed E-state index contributed by atoms with van der Waals surface area (Å²) in [5.41, 5.74) is 7.40. The Labute approximate surface area is 167 Å². The first-order chi connectivity index (χ1) is 14.0. The number of hydrogen-bond donors (Lipinski definition) is 2. The molecule has 0 saturated heterocycles. The first kappa shape index (κ1) is 21.4. The maximum absolute atomic E-state index is 12.7. The third-order valence-electron chi connectivity index (χ3n) is 4.69. The van der Waals surface area contributed by atoms with Crippen LogP contribution in [0.2, 0.25) is 0 Å². The number of alkyl halides is 3. The summed E-state index contributed by atoms with van der Waals surface area (Å²) >= 11 is 0. The molecular weight excluding hydrogens is 407 g/mol. The van der Waals surface area contributed by atoms with Gasteiger partial charge in [-0.1, -0.05) is 24.1 Å². The van der Waals surface area contributed by atoms with Crippen LogP contribution in [0, 0.1) is 6.92 Å². The molecule has 12 heteroatoms. The van der Waals surface area contributed by atoms with E-state index in [1.165, 1.54) is 10.6 Å². The van der Waals surface area contributed by atoms with Crippen LogP contribution in [-0.4, -0.2) is 36.8 Å². The summed E-state index contributed by atoms with van der Waals surface area (Å²) in [6.45, 7) is 1.92. The highest BCUT2D eigenvalue weighted by atomic mass is 19.4. The summed E-state index contributed by atoms with van der Waals surface area (Å²) in [6.07, 6.45) is 1.91. The number of aliphatic carboxylic acids is 1. The SMILES string of the molecule is Cc1ccc2ncc(-c3nc(C4(N)CCCC4)no3)c(=O)n2c1.O=C(O)C(F)(F)F. The van der Waals surface area contributed by atoms with E-state index in [9.17, 15) is 18.0 Å². The molecule has 3 aromatic heterocycles. The molecule has 1 aliphatic carbocycles. The molecule has 9 nitrogen and oxygen atoms in total. The number of fused-ring (bicyclic) bond motifs is 1. The number of carboxylic acid groups (broad SMARTS) is 1. The predicted molar refractivity (Wildman–Crippen MR) is 97.5 cm³/mol. The lowest BCUT2D eigenvalue weighted by molar-refractivity contribution is -0.192. The van der Waals surface area contributed by atoms with Crippen LogP contribution >= 0.6 is 0 Å². The number of hydrogen-bond acceptors (Lipinski definition) is 7. The third-order valence-corrected chi connectivity index (χ3v) is 4.69. The molecule has 0 aromatic carbocycles. The summed E-state index contributed by atoms with van der Waals surface area (Å²) in [4.78, 5) is 30.2. The van der Waals surface area contributed by atoms with E-state index in [2.05, 4.69) is 15.1 Å². The Hall–Kier alpha value is -3.28. The normalized spacial score (nSPS) is 15.6. The van der Waals surface area contributed by atoms with Crippen molar-refractivity contribution in [2.24, 2.45) is 5.73 Å². The average Bonchev–Trinajstić information content (AvgIpc) is 3.32. The Kier molecular flexibility index (Phi) is 5.61. The van der Waals surface area contributed by atoms with Crippen molar-refractivity contribution in [2.75, 3.05) is 0 Å². The van der Waals surface area contributed by atoms with Crippen LogP contribution < -0.4 is 11.3 Å². The van der Waals surface area contributed by atoms with Crippen molar-refractivity contribution < 1.29 is 27.6 Å². The number of pyridine rings is 1. The van der Waals surface area contributed by atoms with Gasteiger partial charge in [0.15, 0.2) is 5.82 Å². The minimum atomic E-state index is -5.08. The number of nitrogens with two attached hydrogens (primary N) is 1. The van der Waals surface area contributed by atoms with Gasteiger partial charge in [0.05, 0.1) is 5.54 Å². The number of aryl methyl sites for hydroxylation is 1. The van der Waals surface area contributed by atoms with Gasteiger partial charge in [0, 0.05) is 12.4 Å². The minimum absolute atomic E-state index is 0.171. The van der Waals surface area contributed by atoms with Gasteiger partial charge in [-0.3, -0.25) is 9.20 Å². The largest absolute Gasteiger partial charge is 0.490 e. The molecular formula is C18H18F3N5O4. The van der Waals surface area contributed by atoms with Crippen molar-refractivity contribution in [2.45, 2.75) is 44.3 Å². The zero-order valence-electron chi connectivity index (χ0n) is 15.8. The number of halogens is 3. The lowest BCUT2D eigenvalue weighted by Crippen LogP contribution is -2.34. The molecule has 0 amide bonds. The smallest absolute Gasteiger partial charge is 0.475 e. The topological polar surface area (TPSA) is 137 Å². The summed E-state index contributed by atoms with van der Waals surface area (Å²) in [6, 6.07) is 3.71. The summed E-state index contributed by atoms with van der Waals surface area (Å²) in [5.74, 6) is -2.11. The van der Waals surface area contributed by atoms with E-state index < -0.39 is 17.7 Å². The number of carbonyl (C=O) groups is 1. The summed E-state index contributed by atoms with van der Waals surface area (Å²) < 4.78 is 38.5. The Morgan fingerprint density at radius 3 is 2.53 bits per heavy atom. The maximum atomic E-state index is 12.7. The Morgan fingerprint density at radius 1 is 1.30 bits per heavy atom. The number of rotatable bonds is 2. The summed E-state index contributed by atoms with van der Waals surface area (Å²) in [7, 11) is 0. The zero-order chi connectivity index (χ0) is 22.1. The number of nitrogens with zero attached hydrogens (tertiary/aromatic N) is 4. The fourth-order valence-electron chi connectivity index (χ4n) is 3.09. The van der Waals surface area contributed by atoms with Gasteiger partial charge >= 0.3 is 12.1 Å². The molecule has 30 heavy (non-hydrogen) atoms. The molecule has 0 bridgehead atoms. The molecule has 4 rings (SSSR count). The van der Waals surface area contributed by atoms with Crippen LogP contribution in [0.15, 0.2) is 33.8 Å². The second kappa shape index (κ2) is 7.86. The van der Waals surface area contributed by atoms with Crippen LogP contribution in [0.4, 0.5) is 13.2 Å². The first-order valence-electron chi connectivity index (χ1n) is 8.93. The molecule has 0 unspecified atom stereocenters. The Bertz CT molecular complexity index is 1130. The van der Waals surface area contributed by atoms with E-state index >= 15 is 0 Å². The quantitative estimate of drug-likeness (QED) is 0.639. The molecule has 1 saturated carbocycles. The molecule has 0 atom stereocenters. The van der Waals surface area contributed by atoms with Crippen LogP contribution in [-0.2, 0) is 10.3 Å². The van der Waals surface area contributed by atoms with E-state index in [1.807, 2.05) is 13.0 Å². The third kappa shape index (κ3) is 4.32. The molecule has 0 aliphatic heterocycles. The number of aromatic nitrogens is 4. The lowest BCUT2D eigenvalue weighted by atomic mass is 9.99. The van der Waals surface area contributed by atoms with Gasteiger partial charge in [-0.2, -0.15) is 18.2 Å². The Morgan fingerprint density at radius 2 is 1.93 bits per heavy atom. The van der Waals surface area contributed by atoms with Crippen molar-refractivity contribution >= 4 is 11.6 Å². The highest BCUT2D eigenvalue weighted by Gasteiger charge is 2.38. The van der Waals surface area contributed by atoms with E-state index in [0.717, 1.165) is 31.2 Å². The van der Waals surface area contributed by atoms with Crippen molar-refractivity contribution in [3.63, 3.8) is 0 Å². The van der Waals surface area contributed by atoms with Crippen molar-refractivity contribution in [1.29, 1.82) is 0 Å². The zero-order valence-corrected chi connectivity index (χ0v) is 15.8. The van der Waals surface area contributed by atoms with Gasteiger partial charge in [-0.15, -0.1) is 0 Å². The highest BCUT2D eigenvalue weighted by Crippen LogP contribution is 2.35. The van der Waals surface area contributed by atoms with Gasteiger partial charge in [-0.25, -0.2) is 9.78 Å². The molecule has 1 fully saturated rings. The second-order valence-electron chi connectivity index (χ2n) is 7.00. The van der Waals surface area contributed by atoms with Gasteiger partial charge in [-0.05, 0) is 31.4 Å². The predicted octanol–water partition coefficient (Wildman–Crippen LogP) is 2.41. The minimum Gasteiger partial charge on any atom is -0.475 e. The molecule has 1 aliphatic rings. The monoisotopic (exact) mass is 425 g/mol. The molecule has 3 aromatic rings. The average molecular weight is 425 g/mol. The first-order valence-corrected chi connectivity index (χ1v) is 8.93. The Balaban J connectivity index is 0.000000318. The van der Waals surface area contributed by atoms with Crippen molar-refractivity contribution in [3.8, 4) is 11.5 Å². The maximum Gasteiger partial charge on any atom is 0.490 e. The van der Waals surface area contributed by atoms with E-state index in [-0.39, 0.29) is 17.0 Å². The standard InChI is InChI=1S/C16H17N5O2.C2HF3O2/c1-10-4-5-12-18-8-11(14(22)21(12)9-10)13-19-15(20-23-13)16(17)6-2-3-7-16;3-2(4,5)1(6)7/h4-5,8-9H,2-3,6-7,17H2,1H3;(H,6,7). The van der Waals surface area contributed by atoms with Crippen LogP contribution in [0.25, 0.3) is 17.1 Å². The van der Waals surface area contributed by atoms with Gasteiger partial charge in [0.2, 0.25) is 0 Å². The van der Waals surface area contributed by atoms with Crippen molar-refractivity contribution in [1.82, 2.24) is 19.5 Å². The molecule has 3 heterocycles. The molecule has 160 valence electrons. The van der Waals surface area contributed by atoms with E-state index in [0.29, 0.717) is 11.5 Å². The second-order valence-corrected chi connectivity index (χ2v) is 7.00. The molecule has 0 spiro atoms. The number of carboxylic acids is 1. The van der Waals surface area contributed by atoms with Crippen LogP contribution in [0.1, 0.15) is 37.1 Å². The molecule has 3 N–H and O–H groups in total. The fourth-order valence-corrected chi connectivity index (χ4v) is 3.09. The van der Waals surface area contributed by atoms with E-state index in [1.54, 1.807) is 12.3 Å². The van der Waals surface area contributed by atoms with Crippen molar-refractivity contribution in [3.05, 3.63) is 46.3 Å². The van der Waals surface area contributed by atoms with Gasteiger partial charge < -0.3 is 15.4 Å². The molecule has 0 radical (unpaired) electrons. The van der Waals surface area contributed by atoms with Crippen LogP contribution in [0.5, 0.6) is 0 Å². The lowest BCUT2D eigenvalue weighted by Gasteiger charge is -2.17. The van der Waals surface area contributed by atoms with Gasteiger partial charge in [0.1, 0.15) is 11.2 Å². The van der Waals surface area contributed by atoms with Gasteiger partial charge in [0.25, 0.3) is 11.4 Å². The van der Waals surface area contributed by atoms with E-state index in [4.69, 9.17) is 20.2 Å². The fraction of sp³-hybridized carbons (Fsp3) is 0.389.